The van der Waals surface area contributed by atoms with Crippen LogP contribution in [-0.4, -0.2) is 10.9 Å². The third kappa shape index (κ3) is 2.48. The van der Waals surface area contributed by atoms with Crippen molar-refractivity contribution >= 4 is 61.4 Å². The lowest BCUT2D eigenvalue weighted by Gasteiger charge is -2.04. The molecule has 2 aromatic heterocycles. The van der Waals surface area contributed by atoms with Gasteiger partial charge in [0.2, 0.25) is 0 Å². The number of anilines is 2. The van der Waals surface area contributed by atoms with Crippen LogP contribution < -0.4 is 11.1 Å². The largest absolute Gasteiger partial charge is 0.396 e. The molecule has 0 bridgehead atoms. The second kappa shape index (κ2) is 5.37. The molecule has 0 fully saturated rings. The van der Waals surface area contributed by atoms with Crippen molar-refractivity contribution in [1.29, 1.82) is 0 Å². The molecule has 0 spiro atoms. The van der Waals surface area contributed by atoms with Gasteiger partial charge in [-0.15, -0.1) is 11.3 Å². The number of nitrogens with one attached hydrogen (secondary N) is 1. The number of aromatic nitrogens is 1. The minimum absolute atomic E-state index is 0.201. The summed E-state index contributed by atoms with van der Waals surface area (Å²) in [5.74, 6) is -0.201. The van der Waals surface area contributed by atoms with E-state index in [0.717, 1.165) is 14.0 Å². The molecule has 0 unspecified atom stereocenters. The average molecular weight is 395 g/mol. The minimum Gasteiger partial charge on any atom is -0.396 e. The zero-order valence-corrected chi connectivity index (χ0v) is 13.2. The fourth-order valence-corrected chi connectivity index (χ4v) is 3.39. The zero-order chi connectivity index (χ0) is 14.1. The molecule has 0 aliphatic carbocycles. The fourth-order valence-electron chi connectivity index (χ4n) is 1.87. The van der Waals surface area contributed by atoms with E-state index >= 15 is 0 Å². The van der Waals surface area contributed by atoms with Crippen LogP contribution in [0.25, 0.3) is 10.2 Å². The third-order valence-corrected chi connectivity index (χ3v) is 4.60. The van der Waals surface area contributed by atoms with Crippen LogP contribution in [0.5, 0.6) is 0 Å². The second-order valence-electron chi connectivity index (χ2n) is 4.16. The van der Waals surface area contributed by atoms with Gasteiger partial charge in [-0.2, -0.15) is 0 Å². The summed E-state index contributed by atoms with van der Waals surface area (Å²) >= 11 is 3.56. The molecule has 1 amide bonds. The Bertz CT molecular complexity index is 800. The van der Waals surface area contributed by atoms with Crippen molar-refractivity contribution in [2.45, 2.75) is 0 Å². The molecule has 0 saturated carbocycles. The highest BCUT2D eigenvalue weighted by atomic mass is 127. The first-order chi connectivity index (χ1) is 9.65. The quantitative estimate of drug-likeness (QED) is 0.650. The summed E-state index contributed by atoms with van der Waals surface area (Å²) in [6.45, 7) is 0. The zero-order valence-electron chi connectivity index (χ0n) is 10.3. The Hall–Kier alpha value is -1.67. The second-order valence-corrected chi connectivity index (χ2v) is 6.46. The maximum atomic E-state index is 12.3. The van der Waals surface area contributed by atoms with Crippen LogP contribution in [0.3, 0.4) is 0 Å². The van der Waals surface area contributed by atoms with Crippen LogP contribution >= 0.6 is 33.9 Å². The minimum atomic E-state index is -0.201. The molecular weight excluding hydrogens is 385 g/mol. The van der Waals surface area contributed by atoms with E-state index in [4.69, 9.17) is 5.73 Å². The summed E-state index contributed by atoms with van der Waals surface area (Å²) in [5.41, 5.74) is 7.89. The monoisotopic (exact) mass is 395 g/mol. The number of nitrogen functional groups attached to an aromatic ring is 1. The van der Waals surface area contributed by atoms with Crippen molar-refractivity contribution in [2.75, 3.05) is 11.1 Å². The van der Waals surface area contributed by atoms with Crippen molar-refractivity contribution in [3.8, 4) is 0 Å². The Labute approximate surface area is 133 Å². The number of fused-ring (bicyclic) bond motifs is 1. The van der Waals surface area contributed by atoms with Crippen molar-refractivity contribution in [3.63, 3.8) is 0 Å². The van der Waals surface area contributed by atoms with E-state index in [9.17, 15) is 4.79 Å². The molecule has 0 aliphatic heterocycles. The van der Waals surface area contributed by atoms with Crippen molar-refractivity contribution in [2.24, 2.45) is 0 Å². The van der Waals surface area contributed by atoms with Gasteiger partial charge in [-0.05, 0) is 52.9 Å². The van der Waals surface area contributed by atoms with Gasteiger partial charge in [0.1, 0.15) is 10.4 Å². The maximum Gasteiger partial charge on any atom is 0.267 e. The Balaban J connectivity index is 1.95. The number of hydrogen-bond acceptors (Lipinski definition) is 4. The number of rotatable bonds is 2. The average Bonchev–Trinajstić information content (AvgIpc) is 2.77. The molecule has 3 aromatic rings. The van der Waals surface area contributed by atoms with Gasteiger partial charge in [-0.3, -0.25) is 9.78 Å². The molecule has 1 aromatic carbocycles. The Kier molecular flexibility index (Phi) is 3.58. The van der Waals surface area contributed by atoms with E-state index in [1.54, 1.807) is 6.20 Å². The van der Waals surface area contributed by atoms with Crippen LogP contribution in [0.4, 0.5) is 11.4 Å². The number of carbonyl (C=O) groups is 1. The molecule has 3 N–H and O–H groups in total. The van der Waals surface area contributed by atoms with E-state index in [-0.39, 0.29) is 5.91 Å². The summed E-state index contributed by atoms with van der Waals surface area (Å²) in [7, 11) is 0. The van der Waals surface area contributed by atoms with Gasteiger partial charge in [0.05, 0.1) is 10.4 Å². The van der Waals surface area contributed by atoms with E-state index in [2.05, 4.69) is 32.9 Å². The summed E-state index contributed by atoms with van der Waals surface area (Å²) in [5, 5.41) is 2.86. The van der Waals surface area contributed by atoms with Gasteiger partial charge in [-0.1, -0.05) is 6.07 Å². The molecule has 4 nitrogen and oxygen atoms in total. The first-order valence-electron chi connectivity index (χ1n) is 5.85. The highest BCUT2D eigenvalue weighted by molar-refractivity contribution is 14.1. The van der Waals surface area contributed by atoms with Gasteiger partial charge < -0.3 is 11.1 Å². The number of hydrogen-bond donors (Lipinski definition) is 2. The molecule has 6 heteroatoms. The smallest absolute Gasteiger partial charge is 0.267 e. The molecule has 0 aliphatic rings. The molecule has 0 radical (unpaired) electrons. The normalized spacial score (nSPS) is 10.7. The molecule has 0 atom stereocenters. The highest BCUT2D eigenvalue weighted by Crippen LogP contribution is 2.32. The van der Waals surface area contributed by atoms with Crippen LogP contribution in [0.2, 0.25) is 0 Å². The van der Waals surface area contributed by atoms with E-state index < -0.39 is 0 Å². The predicted molar refractivity (Wildman–Crippen MR) is 91.1 cm³/mol. The number of benzene rings is 1. The summed E-state index contributed by atoms with van der Waals surface area (Å²) in [4.78, 5) is 17.0. The lowest BCUT2D eigenvalue weighted by molar-refractivity contribution is 0.103. The summed E-state index contributed by atoms with van der Waals surface area (Å²) in [6.07, 6.45) is 1.67. The van der Waals surface area contributed by atoms with Gasteiger partial charge in [0, 0.05) is 15.5 Å². The highest BCUT2D eigenvalue weighted by Gasteiger charge is 2.17. The molecule has 100 valence electrons. The van der Waals surface area contributed by atoms with E-state index in [1.165, 1.54) is 11.3 Å². The number of nitrogens with two attached hydrogens (primary N) is 1. The van der Waals surface area contributed by atoms with Gasteiger partial charge in [-0.25, -0.2) is 0 Å². The number of thiophene rings is 1. The SMILES string of the molecule is Nc1c(C(=O)Nc2cccc(I)c2)sc2cccnc12. The first kappa shape index (κ1) is 13.3. The topological polar surface area (TPSA) is 68.0 Å². The Morgan fingerprint density at radius 2 is 2.15 bits per heavy atom. The number of halogens is 1. The van der Waals surface area contributed by atoms with Gasteiger partial charge in [0.15, 0.2) is 0 Å². The summed E-state index contributed by atoms with van der Waals surface area (Å²) < 4.78 is 1.98. The molecular formula is C14H10IN3OS. The number of carbonyl (C=O) groups excluding carboxylic acids is 1. The Morgan fingerprint density at radius 3 is 2.90 bits per heavy atom. The van der Waals surface area contributed by atoms with Crippen molar-refractivity contribution < 1.29 is 4.79 Å². The summed E-state index contributed by atoms with van der Waals surface area (Å²) in [6, 6.07) is 11.4. The molecule has 0 saturated heterocycles. The Morgan fingerprint density at radius 1 is 1.30 bits per heavy atom. The standard InChI is InChI=1S/C14H10IN3OS/c15-8-3-1-4-9(7-8)18-14(19)13-11(16)12-10(20-13)5-2-6-17-12/h1-7H,16H2,(H,18,19). The van der Waals surface area contributed by atoms with Crippen molar-refractivity contribution in [3.05, 3.63) is 51.0 Å². The van der Waals surface area contributed by atoms with E-state index in [0.29, 0.717) is 16.1 Å². The third-order valence-electron chi connectivity index (χ3n) is 2.77. The number of nitrogens with zero attached hydrogens (tertiary/aromatic N) is 1. The van der Waals surface area contributed by atoms with Crippen LogP contribution in [0.15, 0.2) is 42.6 Å². The van der Waals surface area contributed by atoms with Crippen LogP contribution in [-0.2, 0) is 0 Å². The predicted octanol–water partition coefficient (Wildman–Crippen LogP) is 3.74. The van der Waals surface area contributed by atoms with Crippen LogP contribution in [0, 0.1) is 3.57 Å². The first-order valence-corrected chi connectivity index (χ1v) is 7.74. The maximum absolute atomic E-state index is 12.3. The molecule has 2 heterocycles. The number of amides is 1. The van der Waals surface area contributed by atoms with Gasteiger partial charge in [0.25, 0.3) is 5.91 Å². The molecule has 3 rings (SSSR count). The fraction of sp³-hybridized carbons (Fsp3) is 0. The number of pyridine rings is 1. The van der Waals surface area contributed by atoms with Crippen molar-refractivity contribution in [1.82, 2.24) is 4.98 Å². The van der Waals surface area contributed by atoms with Crippen LogP contribution in [0.1, 0.15) is 9.67 Å². The lowest BCUT2D eigenvalue weighted by atomic mass is 10.3. The van der Waals surface area contributed by atoms with Gasteiger partial charge >= 0.3 is 0 Å². The van der Waals surface area contributed by atoms with E-state index in [1.807, 2.05) is 36.4 Å². The lowest BCUT2D eigenvalue weighted by Crippen LogP contribution is -2.12. The molecule has 20 heavy (non-hydrogen) atoms.